The Bertz CT molecular complexity index is 738. The van der Waals surface area contributed by atoms with Crippen molar-refractivity contribution in [3.05, 3.63) is 47.5 Å². The number of benzene rings is 2. The van der Waals surface area contributed by atoms with Crippen LogP contribution in [-0.4, -0.2) is 11.1 Å². The van der Waals surface area contributed by atoms with Crippen LogP contribution in [0.2, 0.25) is 0 Å². The van der Waals surface area contributed by atoms with Crippen LogP contribution < -0.4 is 0 Å². The molecule has 84 valence electrons. The fraction of sp³-hybridized carbons (Fsp3) is 0.0714. The summed E-state index contributed by atoms with van der Waals surface area (Å²) < 4.78 is 5.65. The zero-order valence-electron chi connectivity index (χ0n) is 9.23. The summed E-state index contributed by atoms with van der Waals surface area (Å²) in [5.41, 5.74) is 2.91. The van der Waals surface area contributed by atoms with Crippen molar-refractivity contribution in [3.63, 3.8) is 0 Å². The lowest BCUT2D eigenvalue weighted by atomic mass is 10.1. The van der Waals surface area contributed by atoms with E-state index in [2.05, 4.69) is 0 Å². The number of furan rings is 1. The maximum absolute atomic E-state index is 10.9. The fourth-order valence-corrected chi connectivity index (χ4v) is 2.02. The van der Waals surface area contributed by atoms with Crippen LogP contribution in [-0.2, 0) is 0 Å². The lowest BCUT2D eigenvalue weighted by Crippen LogP contribution is -1.94. The molecule has 0 bridgehead atoms. The van der Waals surface area contributed by atoms with Crippen molar-refractivity contribution in [1.29, 1.82) is 0 Å². The zero-order chi connectivity index (χ0) is 12.0. The molecular weight excluding hydrogens is 216 g/mol. The Hall–Kier alpha value is -2.29. The molecule has 1 heterocycles. The minimum Gasteiger partial charge on any atom is -0.478 e. The molecular formula is C14H10O3. The van der Waals surface area contributed by atoms with E-state index in [1.807, 2.05) is 25.1 Å². The van der Waals surface area contributed by atoms with Gasteiger partial charge >= 0.3 is 5.97 Å². The van der Waals surface area contributed by atoms with Crippen molar-refractivity contribution in [2.45, 2.75) is 6.92 Å². The van der Waals surface area contributed by atoms with Gasteiger partial charge in [0, 0.05) is 10.8 Å². The van der Waals surface area contributed by atoms with Gasteiger partial charge < -0.3 is 9.52 Å². The highest BCUT2D eigenvalue weighted by molar-refractivity contribution is 6.07. The first-order chi connectivity index (χ1) is 8.15. The number of carboxylic acid groups (broad SMARTS) is 1. The molecule has 0 fully saturated rings. The molecule has 17 heavy (non-hydrogen) atoms. The van der Waals surface area contributed by atoms with E-state index in [9.17, 15) is 4.79 Å². The number of hydrogen-bond acceptors (Lipinski definition) is 2. The number of aryl methyl sites for hydroxylation is 1. The summed E-state index contributed by atoms with van der Waals surface area (Å²) in [6.45, 7) is 2.00. The van der Waals surface area contributed by atoms with Crippen molar-refractivity contribution in [2.24, 2.45) is 0 Å². The van der Waals surface area contributed by atoms with Gasteiger partial charge in [-0.2, -0.15) is 0 Å². The van der Waals surface area contributed by atoms with Crippen molar-refractivity contribution in [2.75, 3.05) is 0 Å². The molecule has 0 aliphatic heterocycles. The maximum Gasteiger partial charge on any atom is 0.335 e. The summed E-state index contributed by atoms with van der Waals surface area (Å²) in [4.78, 5) is 10.9. The van der Waals surface area contributed by atoms with Crippen LogP contribution in [0.5, 0.6) is 0 Å². The lowest BCUT2D eigenvalue weighted by molar-refractivity contribution is 0.0697. The van der Waals surface area contributed by atoms with Crippen LogP contribution in [0.15, 0.2) is 40.8 Å². The van der Waals surface area contributed by atoms with E-state index in [-0.39, 0.29) is 5.56 Å². The average Bonchev–Trinajstić information content (AvgIpc) is 2.66. The first kappa shape index (κ1) is 9.90. The van der Waals surface area contributed by atoms with Crippen LogP contribution in [0, 0.1) is 6.92 Å². The number of fused-ring (bicyclic) bond motifs is 3. The molecule has 1 N–H and O–H groups in total. The molecule has 0 aliphatic rings. The molecule has 0 saturated heterocycles. The van der Waals surface area contributed by atoms with Gasteiger partial charge in [0.05, 0.1) is 5.56 Å². The molecule has 3 aromatic rings. The summed E-state index contributed by atoms with van der Waals surface area (Å²) in [7, 11) is 0. The Labute approximate surface area is 97.3 Å². The average molecular weight is 226 g/mol. The summed E-state index contributed by atoms with van der Waals surface area (Å²) in [5, 5.41) is 10.8. The van der Waals surface area contributed by atoms with E-state index in [1.165, 1.54) is 0 Å². The number of hydrogen-bond donors (Lipinski definition) is 1. The van der Waals surface area contributed by atoms with E-state index in [0.29, 0.717) is 0 Å². The van der Waals surface area contributed by atoms with Gasteiger partial charge in [-0.25, -0.2) is 4.79 Å². The van der Waals surface area contributed by atoms with Gasteiger partial charge in [0.25, 0.3) is 0 Å². The van der Waals surface area contributed by atoms with Gasteiger partial charge in [0.2, 0.25) is 0 Å². The molecule has 3 nitrogen and oxygen atoms in total. The van der Waals surface area contributed by atoms with Gasteiger partial charge in [0.15, 0.2) is 0 Å². The highest BCUT2D eigenvalue weighted by Crippen LogP contribution is 2.29. The van der Waals surface area contributed by atoms with E-state index >= 15 is 0 Å². The minimum atomic E-state index is -0.922. The van der Waals surface area contributed by atoms with Gasteiger partial charge in [-0.3, -0.25) is 0 Å². The van der Waals surface area contributed by atoms with Crippen LogP contribution >= 0.6 is 0 Å². The SMILES string of the molecule is Cc1ccc2oc3ccc(C(=O)O)cc3c2c1. The van der Waals surface area contributed by atoms with Crippen LogP contribution in [0.1, 0.15) is 15.9 Å². The molecule has 0 spiro atoms. The van der Waals surface area contributed by atoms with Gasteiger partial charge in [-0.05, 0) is 37.3 Å². The number of carbonyl (C=O) groups is 1. The predicted octanol–water partition coefficient (Wildman–Crippen LogP) is 3.59. The van der Waals surface area contributed by atoms with E-state index in [1.54, 1.807) is 18.2 Å². The van der Waals surface area contributed by atoms with Crippen LogP contribution in [0.25, 0.3) is 21.9 Å². The van der Waals surface area contributed by atoms with Gasteiger partial charge in [0.1, 0.15) is 11.2 Å². The minimum absolute atomic E-state index is 0.279. The Morgan fingerprint density at radius 2 is 1.71 bits per heavy atom. The van der Waals surface area contributed by atoms with Crippen LogP contribution in [0.3, 0.4) is 0 Å². The summed E-state index contributed by atoms with van der Waals surface area (Å²) in [6, 6.07) is 10.8. The third-order valence-corrected chi connectivity index (χ3v) is 2.87. The molecule has 0 saturated carbocycles. The van der Waals surface area contributed by atoms with Crippen molar-refractivity contribution in [1.82, 2.24) is 0 Å². The summed E-state index contributed by atoms with van der Waals surface area (Å²) in [5.74, 6) is -0.922. The first-order valence-corrected chi connectivity index (χ1v) is 5.31. The standard InChI is InChI=1S/C14H10O3/c1-8-2-4-12-10(6-8)11-7-9(14(15)16)3-5-13(11)17-12/h2-7H,1H3,(H,15,16). The fourth-order valence-electron chi connectivity index (χ4n) is 2.02. The summed E-state index contributed by atoms with van der Waals surface area (Å²) in [6.07, 6.45) is 0. The third kappa shape index (κ3) is 1.47. The molecule has 0 aliphatic carbocycles. The second kappa shape index (κ2) is 3.35. The monoisotopic (exact) mass is 226 g/mol. The second-order valence-corrected chi connectivity index (χ2v) is 4.12. The highest BCUT2D eigenvalue weighted by Gasteiger charge is 2.10. The quantitative estimate of drug-likeness (QED) is 0.689. The van der Waals surface area contributed by atoms with Gasteiger partial charge in [-0.15, -0.1) is 0 Å². The van der Waals surface area contributed by atoms with Crippen molar-refractivity contribution < 1.29 is 14.3 Å². The topological polar surface area (TPSA) is 50.4 Å². The highest BCUT2D eigenvalue weighted by atomic mass is 16.4. The van der Waals surface area contributed by atoms with Gasteiger partial charge in [-0.1, -0.05) is 11.6 Å². The Morgan fingerprint density at radius 1 is 1.06 bits per heavy atom. The largest absolute Gasteiger partial charge is 0.478 e. The first-order valence-electron chi connectivity index (χ1n) is 5.31. The molecule has 2 aromatic carbocycles. The van der Waals surface area contributed by atoms with Crippen LogP contribution in [0.4, 0.5) is 0 Å². The smallest absolute Gasteiger partial charge is 0.335 e. The second-order valence-electron chi connectivity index (χ2n) is 4.12. The molecule has 0 unspecified atom stereocenters. The Kier molecular flexibility index (Phi) is 1.95. The number of rotatable bonds is 1. The van der Waals surface area contributed by atoms with Crippen molar-refractivity contribution >= 4 is 27.9 Å². The van der Waals surface area contributed by atoms with Crippen molar-refractivity contribution in [3.8, 4) is 0 Å². The molecule has 0 atom stereocenters. The number of carboxylic acids is 1. The Balaban J connectivity index is 2.43. The lowest BCUT2D eigenvalue weighted by Gasteiger charge is -1.94. The maximum atomic E-state index is 10.9. The molecule has 3 heteroatoms. The third-order valence-electron chi connectivity index (χ3n) is 2.87. The Morgan fingerprint density at radius 3 is 2.41 bits per heavy atom. The molecule has 0 radical (unpaired) electrons. The number of aromatic carboxylic acids is 1. The van der Waals surface area contributed by atoms with E-state index < -0.39 is 5.97 Å². The normalized spacial score (nSPS) is 11.1. The summed E-state index contributed by atoms with van der Waals surface area (Å²) >= 11 is 0. The van der Waals surface area contributed by atoms with E-state index in [4.69, 9.17) is 9.52 Å². The van der Waals surface area contributed by atoms with E-state index in [0.717, 1.165) is 27.5 Å². The zero-order valence-corrected chi connectivity index (χ0v) is 9.23. The molecule has 1 aromatic heterocycles. The molecule has 0 amide bonds. The predicted molar refractivity (Wildman–Crippen MR) is 65.4 cm³/mol. The molecule has 3 rings (SSSR count).